The Labute approximate surface area is 149 Å². The molecular formula is C13H8ClN3O4S3. The van der Waals surface area contributed by atoms with Gasteiger partial charge < -0.3 is 0 Å². The van der Waals surface area contributed by atoms with E-state index in [2.05, 4.69) is 9.71 Å². The van der Waals surface area contributed by atoms with Crippen LogP contribution in [0.1, 0.15) is 0 Å². The molecule has 0 fully saturated rings. The van der Waals surface area contributed by atoms with E-state index in [4.69, 9.17) is 11.6 Å². The third-order valence-corrected chi connectivity index (χ3v) is 6.36. The van der Waals surface area contributed by atoms with Crippen LogP contribution in [0.4, 0.5) is 10.8 Å². The number of thiophene rings is 1. The van der Waals surface area contributed by atoms with Gasteiger partial charge in [0.1, 0.15) is 5.02 Å². The average Bonchev–Trinajstić information content (AvgIpc) is 3.17. The molecule has 0 aliphatic rings. The number of nitro groups is 1. The zero-order chi connectivity index (χ0) is 17.3. The molecule has 0 radical (unpaired) electrons. The number of nitro benzene ring substituents is 1. The van der Waals surface area contributed by atoms with Crippen LogP contribution in [-0.4, -0.2) is 18.3 Å². The Balaban J connectivity index is 1.89. The standard InChI is InChI=1S/C13H8ClN3O4S3/c14-9-4-3-8(6-11(9)17(18)19)24(20,21)16-13-15-10(7-23-13)12-2-1-5-22-12/h1-7H,(H,15,16). The van der Waals surface area contributed by atoms with Gasteiger partial charge in [-0.15, -0.1) is 22.7 Å². The highest BCUT2D eigenvalue weighted by molar-refractivity contribution is 7.93. The van der Waals surface area contributed by atoms with Crippen LogP contribution in [0.2, 0.25) is 5.02 Å². The first-order valence-electron chi connectivity index (χ1n) is 6.33. The van der Waals surface area contributed by atoms with Crippen LogP contribution in [0.3, 0.4) is 0 Å². The van der Waals surface area contributed by atoms with E-state index in [-0.39, 0.29) is 15.0 Å². The van der Waals surface area contributed by atoms with Crippen LogP contribution in [0.5, 0.6) is 0 Å². The summed E-state index contributed by atoms with van der Waals surface area (Å²) < 4.78 is 27.1. The fraction of sp³-hybridized carbons (Fsp3) is 0. The van der Waals surface area contributed by atoms with Crippen molar-refractivity contribution in [1.29, 1.82) is 0 Å². The summed E-state index contributed by atoms with van der Waals surface area (Å²) in [5, 5.41) is 14.6. The van der Waals surface area contributed by atoms with Crippen molar-refractivity contribution in [2.24, 2.45) is 0 Å². The Bertz CT molecular complexity index is 999. The summed E-state index contributed by atoms with van der Waals surface area (Å²) in [7, 11) is -4.00. The average molecular weight is 402 g/mol. The summed E-state index contributed by atoms with van der Waals surface area (Å²) in [5.74, 6) is 0. The molecule has 0 amide bonds. The van der Waals surface area contributed by atoms with E-state index in [1.54, 1.807) is 5.38 Å². The number of sulfonamides is 1. The van der Waals surface area contributed by atoms with Crippen molar-refractivity contribution in [1.82, 2.24) is 4.98 Å². The molecule has 3 aromatic rings. The summed E-state index contributed by atoms with van der Waals surface area (Å²) in [5.41, 5.74) is 0.188. The first-order valence-corrected chi connectivity index (χ1v) is 9.95. The number of aromatic nitrogens is 1. The fourth-order valence-corrected chi connectivity index (χ4v) is 4.76. The van der Waals surface area contributed by atoms with Gasteiger partial charge in [-0.05, 0) is 23.6 Å². The molecule has 124 valence electrons. The molecule has 0 spiro atoms. The van der Waals surface area contributed by atoms with Crippen LogP contribution < -0.4 is 4.72 Å². The molecule has 2 aromatic heterocycles. The third-order valence-electron chi connectivity index (χ3n) is 2.92. The van der Waals surface area contributed by atoms with Crippen LogP contribution in [0.25, 0.3) is 10.6 Å². The van der Waals surface area contributed by atoms with E-state index in [1.165, 1.54) is 23.5 Å². The Morgan fingerprint density at radius 2 is 2.04 bits per heavy atom. The Kier molecular flexibility index (Phi) is 4.54. The van der Waals surface area contributed by atoms with Gasteiger partial charge in [-0.25, -0.2) is 13.4 Å². The SMILES string of the molecule is O=[N+]([O-])c1cc(S(=O)(=O)Nc2nc(-c3cccs3)cs2)ccc1Cl. The van der Waals surface area contributed by atoms with E-state index in [0.29, 0.717) is 5.69 Å². The van der Waals surface area contributed by atoms with E-state index < -0.39 is 20.6 Å². The van der Waals surface area contributed by atoms with Gasteiger partial charge in [-0.1, -0.05) is 17.7 Å². The summed E-state index contributed by atoms with van der Waals surface area (Å²) in [6, 6.07) is 7.04. The van der Waals surface area contributed by atoms with Gasteiger partial charge >= 0.3 is 0 Å². The molecule has 0 aliphatic carbocycles. The summed E-state index contributed by atoms with van der Waals surface area (Å²) in [6.07, 6.45) is 0. The summed E-state index contributed by atoms with van der Waals surface area (Å²) >= 11 is 8.31. The number of thiazole rings is 1. The van der Waals surface area contributed by atoms with Gasteiger partial charge in [0.2, 0.25) is 0 Å². The fourth-order valence-electron chi connectivity index (χ4n) is 1.83. The molecule has 0 bridgehead atoms. The summed E-state index contributed by atoms with van der Waals surface area (Å²) in [4.78, 5) is 15.0. The van der Waals surface area contributed by atoms with Gasteiger partial charge in [-0.2, -0.15) is 0 Å². The number of nitrogens with zero attached hydrogens (tertiary/aromatic N) is 2. The van der Waals surface area contributed by atoms with E-state index in [0.717, 1.165) is 22.3 Å². The molecule has 0 atom stereocenters. The highest BCUT2D eigenvalue weighted by Crippen LogP contribution is 2.31. The number of hydrogen-bond donors (Lipinski definition) is 1. The zero-order valence-electron chi connectivity index (χ0n) is 11.7. The number of benzene rings is 1. The minimum atomic E-state index is -4.00. The second-order valence-electron chi connectivity index (χ2n) is 4.49. The predicted octanol–water partition coefficient (Wildman–Crippen LogP) is 4.23. The molecule has 24 heavy (non-hydrogen) atoms. The minimum absolute atomic E-state index is 0.131. The van der Waals surface area contributed by atoms with Gasteiger partial charge in [0, 0.05) is 11.4 Å². The normalized spacial score (nSPS) is 11.4. The number of nitrogens with one attached hydrogen (secondary N) is 1. The monoisotopic (exact) mass is 401 g/mol. The van der Waals surface area contributed by atoms with Gasteiger partial charge in [0.25, 0.3) is 15.7 Å². The molecule has 1 aromatic carbocycles. The zero-order valence-corrected chi connectivity index (χ0v) is 14.9. The number of anilines is 1. The van der Waals surface area contributed by atoms with Crippen LogP contribution in [0, 0.1) is 10.1 Å². The molecular weight excluding hydrogens is 394 g/mol. The topological polar surface area (TPSA) is 102 Å². The van der Waals surface area contributed by atoms with Gasteiger partial charge in [0.05, 0.1) is 20.4 Å². The maximum absolute atomic E-state index is 12.4. The Morgan fingerprint density at radius 3 is 2.71 bits per heavy atom. The number of halogens is 1. The van der Waals surface area contributed by atoms with Crippen molar-refractivity contribution < 1.29 is 13.3 Å². The van der Waals surface area contributed by atoms with Crippen LogP contribution >= 0.6 is 34.3 Å². The van der Waals surface area contributed by atoms with Crippen LogP contribution in [-0.2, 0) is 10.0 Å². The van der Waals surface area contributed by atoms with E-state index in [9.17, 15) is 18.5 Å². The van der Waals surface area contributed by atoms with Crippen molar-refractivity contribution in [2.75, 3.05) is 4.72 Å². The lowest BCUT2D eigenvalue weighted by atomic mass is 10.3. The van der Waals surface area contributed by atoms with Crippen molar-refractivity contribution in [2.45, 2.75) is 4.90 Å². The van der Waals surface area contributed by atoms with E-state index >= 15 is 0 Å². The maximum atomic E-state index is 12.4. The van der Waals surface area contributed by atoms with Crippen LogP contribution in [0.15, 0.2) is 46.0 Å². The second kappa shape index (κ2) is 6.48. The second-order valence-corrected chi connectivity index (χ2v) is 8.39. The highest BCUT2D eigenvalue weighted by atomic mass is 35.5. The smallest absolute Gasteiger partial charge is 0.258 e. The minimum Gasteiger partial charge on any atom is -0.258 e. The molecule has 1 N–H and O–H groups in total. The molecule has 0 aliphatic heterocycles. The molecule has 0 saturated heterocycles. The molecule has 7 nitrogen and oxygen atoms in total. The Hall–Kier alpha value is -2.01. The quantitative estimate of drug-likeness (QED) is 0.509. The summed E-state index contributed by atoms with van der Waals surface area (Å²) in [6.45, 7) is 0. The predicted molar refractivity (Wildman–Crippen MR) is 94.3 cm³/mol. The lowest BCUT2D eigenvalue weighted by Gasteiger charge is -2.05. The number of hydrogen-bond acceptors (Lipinski definition) is 7. The largest absolute Gasteiger partial charge is 0.289 e. The van der Waals surface area contributed by atoms with Crippen molar-refractivity contribution in [3.8, 4) is 10.6 Å². The van der Waals surface area contributed by atoms with Crippen molar-refractivity contribution in [3.63, 3.8) is 0 Å². The van der Waals surface area contributed by atoms with Crippen molar-refractivity contribution >= 4 is 55.1 Å². The first-order chi connectivity index (χ1) is 11.4. The van der Waals surface area contributed by atoms with Crippen molar-refractivity contribution in [3.05, 3.63) is 56.2 Å². The molecule has 2 heterocycles. The highest BCUT2D eigenvalue weighted by Gasteiger charge is 2.22. The molecule has 0 saturated carbocycles. The van der Waals surface area contributed by atoms with E-state index in [1.807, 2.05) is 17.5 Å². The lowest BCUT2D eigenvalue weighted by molar-refractivity contribution is -0.384. The van der Waals surface area contributed by atoms with Gasteiger partial charge in [0.15, 0.2) is 5.13 Å². The maximum Gasteiger partial charge on any atom is 0.289 e. The Morgan fingerprint density at radius 1 is 1.25 bits per heavy atom. The third kappa shape index (κ3) is 3.41. The number of rotatable bonds is 5. The first kappa shape index (κ1) is 16.8. The molecule has 3 rings (SSSR count). The molecule has 0 unspecified atom stereocenters. The lowest BCUT2D eigenvalue weighted by Crippen LogP contribution is -2.13. The van der Waals surface area contributed by atoms with Gasteiger partial charge in [-0.3, -0.25) is 14.8 Å². The molecule has 11 heteroatoms.